The number of hydrogen-bond acceptors (Lipinski definition) is 1. The summed E-state index contributed by atoms with van der Waals surface area (Å²) >= 11 is 0. The SMILES string of the molecule is COC(=[NH2+])c1ccccc1. The molecule has 2 heteroatoms. The first-order chi connectivity index (χ1) is 4.84. The lowest BCUT2D eigenvalue weighted by Crippen LogP contribution is -2.41. The van der Waals surface area contributed by atoms with Gasteiger partial charge in [0.1, 0.15) is 0 Å². The van der Waals surface area contributed by atoms with Gasteiger partial charge in [0, 0.05) is 0 Å². The van der Waals surface area contributed by atoms with Crippen molar-refractivity contribution in [3.8, 4) is 0 Å². The molecule has 2 nitrogen and oxygen atoms in total. The normalized spacial score (nSPS) is 8.90. The van der Waals surface area contributed by atoms with E-state index in [9.17, 15) is 0 Å². The van der Waals surface area contributed by atoms with Gasteiger partial charge in [0.25, 0.3) is 0 Å². The Kier molecular flexibility index (Phi) is 2.05. The third-order valence-electron chi connectivity index (χ3n) is 1.28. The van der Waals surface area contributed by atoms with Crippen LogP contribution in [0.2, 0.25) is 0 Å². The van der Waals surface area contributed by atoms with E-state index in [-0.39, 0.29) is 0 Å². The van der Waals surface area contributed by atoms with Crippen LogP contribution < -0.4 is 5.41 Å². The molecule has 0 aromatic heterocycles. The number of hydrogen-bond donors (Lipinski definition) is 1. The molecule has 0 aliphatic rings. The first kappa shape index (κ1) is 6.81. The van der Waals surface area contributed by atoms with Gasteiger partial charge >= 0.3 is 5.90 Å². The topological polar surface area (TPSA) is 34.8 Å². The predicted octanol–water partition coefficient (Wildman–Crippen LogP) is -0.161. The quantitative estimate of drug-likeness (QED) is 0.422. The monoisotopic (exact) mass is 136 g/mol. The standard InChI is InChI=1S/C8H9NO/c1-10-8(9)7-5-3-2-4-6-7/h2-6,9H,1H3/p+1. The van der Waals surface area contributed by atoms with E-state index in [0.29, 0.717) is 5.90 Å². The predicted molar refractivity (Wildman–Crippen MR) is 39.5 cm³/mol. The van der Waals surface area contributed by atoms with Crippen molar-refractivity contribution in [2.24, 2.45) is 0 Å². The van der Waals surface area contributed by atoms with Gasteiger partial charge in [0.2, 0.25) is 0 Å². The minimum atomic E-state index is 0.459. The fourth-order valence-electron chi connectivity index (χ4n) is 0.720. The van der Waals surface area contributed by atoms with Gasteiger partial charge in [0.15, 0.2) is 0 Å². The lowest BCUT2D eigenvalue weighted by Gasteiger charge is -1.93. The van der Waals surface area contributed by atoms with Crippen LogP contribution >= 0.6 is 0 Å². The fourth-order valence-corrected chi connectivity index (χ4v) is 0.720. The minimum absolute atomic E-state index is 0.459. The van der Waals surface area contributed by atoms with Crippen molar-refractivity contribution in [3.05, 3.63) is 35.9 Å². The van der Waals surface area contributed by atoms with Crippen molar-refractivity contribution >= 4 is 5.90 Å². The molecule has 1 aromatic rings. The maximum Gasteiger partial charge on any atom is 0.366 e. The first-order valence-electron chi connectivity index (χ1n) is 3.06. The molecular formula is C8H10NO+. The van der Waals surface area contributed by atoms with E-state index in [2.05, 4.69) is 0 Å². The molecule has 0 heterocycles. The fraction of sp³-hybridized carbons (Fsp3) is 0.125. The molecule has 0 spiro atoms. The van der Waals surface area contributed by atoms with Crippen molar-refractivity contribution in [3.63, 3.8) is 0 Å². The smallest absolute Gasteiger partial charge is 0.366 e. The van der Waals surface area contributed by atoms with E-state index in [1.807, 2.05) is 30.3 Å². The molecule has 52 valence electrons. The molecule has 0 bridgehead atoms. The van der Waals surface area contributed by atoms with Crippen LogP contribution in [-0.2, 0) is 4.74 Å². The van der Waals surface area contributed by atoms with Gasteiger partial charge in [-0.25, -0.2) is 5.41 Å². The van der Waals surface area contributed by atoms with Crippen molar-refractivity contribution in [1.82, 2.24) is 0 Å². The zero-order valence-corrected chi connectivity index (χ0v) is 5.87. The van der Waals surface area contributed by atoms with E-state index < -0.39 is 0 Å². The van der Waals surface area contributed by atoms with Gasteiger partial charge in [-0.1, -0.05) is 18.2 Å². The van der Waals surface area contributed by atoms with Crippen LogP contribution in [0.25, 0.3) is 0 Å². The molecule has 1 aromatic carbocycles. The Bertz CT molecular complexity index is 218. The van der Waals surface area contributed by atoms with Crippen molar-refractivity contribution < 1.29 is 10.1 Å². The van der Waals surface area contributed by atoms with Crippen LogP contribution in [0.1, 0.15) is 5.56 Å². The number of nitrogens with two attached hydrogens (primary N) is 1. The molecular weight excluding hydrogens is 126 g/mol. The molecule has 10 heavy (non-hydrogen) atoms. The molecule has 0 saturated carbocycles. The third-order valence-corrected chi connectivity index (χ3v) is 1.28. The lowest BCUT2D eigenvalue weighted by molar-refractivity contribution is -0.135. The van der Waals surface area contributed by atoms with Gasteiger partial charge in [-0.15, -0.1) is 0 Å². The second-order valence-electron chi connectivity index (χ2n) is 1.93. The van der Waals surface area contributed by atoms with Gasteiger partial charge in [-0.3, -0.25) is 0 Å². The summed E-state index contributed by atoms with van der Waals surface area (Å²) in [6.45, 7) is 0. The van der Waals surface area contributed by atoms with E-state index in [1.54, 1.807) is 7.11 Å². The maximum atomic E-state index is 5.49. The number of rotatable bonds is 1. The second kappa shape index (κ2) is 3.01. The summed E-state index contributed by atoms with van der Waals surface area (Å²) < 4.78 is 4.83. The van der Waals surface area contributed by atoms with Crippen LogP contribution in [0.5, 0.6) is 0 Å². The van der Waals surface area contributed by atoms with E-state index in [4.69, 9.17) is 10.1 Å². The molecule has 0 radical (unpaired) electrons. The molecule has 0 unspecified atom stereocenters. The highest BCUT2D eigenvalue weighted by Crippen LogP contribution is 1.96. The Labute approximate surface area is 60.0 Å². The first-order valence-corrected chi connectivity index (χ1v) is 3.06. The Morgan fingerprint density at radius 2 is 1.90 bits per heavy atom. The zero-order valence-electron chi connectivity index (χ0n) is 5.87. The van der Waals surface area contributed by atoms with Gasteiger partial charge in [0.05, 0.1) is 12.7 Å². The van der Waals surface area contributed by atoms with Gasteiger partial charge < -0.3 is 4.74 Å². The van der Waals surface area contributed by atoms with Crippen molar-refractivity contribution in [2.75, 3.05) is 7.11 Å². The summed E-state index contributed by atoms with van der Waals surface area (Å²) in [5.74, 6) is 0.459. The summed E-state index contributed by atoms with van der Waals surface area (Å²) in [5, 5.41) is 5.49. The summed E-state index contributed by atoms with van der Waals surface area (Å²) in [5.41, 5.74) is 0.921. The van der Waals surface area contributed by atoms with Crippen molar-refractivity contribution in [1.29, 1.82) is 0 Å². The maximum absolute atomic E-state index is 5.49. The van der Waals surface area contributed by atoms with E-state index in [1.165, 1.54) is 0 Å². The highest BCUT2D eigenvalue weighted by Gasteiger charge is 2.02. The summed E-state index contributed by atoms with van der Waals surface area (Å²) in [7, 11) is 1.56. The minimum Gasteiger partial charge on any atom is -0.448 e. The van der Waals surface area contributed by atoms with Crippen molar-refractivity contribution in [2.45, 2.75) is 0 Å². The molecule has 0 fully saturated rings. The third kappa shape index (κ3) is 1.35. The molecule has 0 saturated heterocycles. The Hall–Kier alpha value is -1.31. The summed E-state index contributed by atoms with van der Waals surface area (Å²) in [6, 6.07) is 9.58. The molecule has 2 N–H and O–H groups in total. The van der Waals surface area contributed by atoms with Crippen LogP contribution in [0, 0.1) is 0 Å². The van der Waals surface area contributed by atoms with Gasteiger partial charge in [-0.05, 0) is 12.1 Å². The average Bonchev–Trinajstić information content (AvgIpc) is 2.05. The van der Waals surface area contributed by atoms with Crippen LogP contribution in [0.4, 0.5) is 0 Å². The Morgan fingerprint density at radius 3 is 2.40 bits per heavy atom. The number of methoxy groups -OCH3 is 1. The summed E-state index contributed by atoms with van der Waals surface area (Å²) in [4.78, 5) is 0. The zero-order chi connectivity index (χ0) is 7.40. The summed E-state index contributed by atoms with van der Waals surface area (Å²) in [6.07, 6.45) is 0. The largest absolute Gasteiger partial charge is 0.448 e. The molecule has 1 rings (SSSR count). The molecule has 0 atom stereocenters. The lowest BCUT2D eigenvalue weighted by atomic mass is 10.2. The number of benzene rings is 1. The van der Waals surface area contributed by atoms with E-state index in [0.717, 1.165) is 5.56 Å². The second-order valence-corrected chi connectivity index (χ2v) is 1.93. The van der Waals surface area contributed by atoms with E-state index >= 15 is 0 Å². The number of ether oxygens (including phenoxy) is 1. The van der Waals surface area contributed by atoms with Crippen LogP contribution in [0.3, 0.4) is 0 Å². The highest BCUT2D eigenvalue weighted by atomic mass is 16.5. The Morgan fingerprint density at radius 1 is 1.30 bits per heavy atom. The van der Waals surface area contributed by atoms with Gasteiger partial charge in [-0.2, -0.15) is 0 Å². The molecule has 0 aliphatic carbocycles. The molecule has 0 aliphatic heterocycles. The Balaban J connectivity index is 2.85. The highest BCUT2D eigenvalue weighted by molar-refractivity contribution is 5.88. The molecule has 0 amide bonds. The van der Waals surface area contributed by atoms with Crippen LogP contribution in [-0.4, -0.2) is 13.0 Å². The average molecular weight is 136 g/mol. The van der Waals surface area contributed by atoms with Crippen LogP contribution in [0.15, 0.2) is 30.3 Å².